The van der Waals surface area contributed by atoms with Crippen molar-refractivity contribution in [3.63, 3.8) is 0 Å². The van der Waals surface area contributed by atoms with Crippen molar-refractivity contribution in [2.75, 3.05) is 6.61 Å². The predicted molar refractivity (Wildman–Crippen MR) is 62.4 cm³/mol. The second kappa shape index (κ2) is 8.25. The lowest BCUT2D eigenvalue weighted by Crippen LogP contribution is -2.35. The van der Waals surface area contributed by atoms with Gasteiger partial charge in [-0.05, 0) is 26.2 Å². The first-order valence-electron chi connectivity index (χ1n) is 5.98. The molecule has 2 atom stereocenters. The lowest BCUT2D eigenvalue weighted by molar-refractivity contribution is 0.0554. The lowest BCUT2D eigenvalue weighted by atomic mass is 9.92. The zero-order valence-electron chi connectivity index (χ0n) is 10.3. The molecule has 0 aromatic rings. The van der Waals surface area contributed by atoms with E-state index in [1.54, 1.807) is 0 Å². The molecule has 2 N–H and O–H groups in total. The van der Waals surface area contributed by atoms with Gasteiger partial charge in [-0.25, -0.2) is 0 Å². The van der Waals surface area contributed by atoms with Crippen LogP contribution in [-0.4, -0.2) is 18.8 Å². The monoisotopic (exact) mass is 201 g/mol. The Morgan fingerprint density at radius 3 is 2.29 bits per heavy atom. The van der Waals surface area contributed by atoms with Crippen molar-refractivity contribution in [1.82, 2.24) is 0 Å². The van der Waals surface area contributed by atoms with Gasteiger partial charge in [0.1, 0.15) is 0 Å². The van der Waals surface area contributed by atoms with Crippen molar-refractivity contribution in [1.29, 1.82) is 0 Å². The molecule has 0 bridgehead atoms. The quantitative estimate of drug-likeness (QED) is 0.655. The molecule has 0 aliphatic carbocycles. The van der Waals surface area contributed by atoms with Gasteiger partial charge < -0.3 is 10.5 Å². The number of unbranched alkanes of at least 4 members (excludes halogenated alkanes) is 1. The maximum absolute atomic E-state index is 6.09. The Bertz CT molecular complexity index is 125. The van der Waals surface area contributed by atoms with E-state index < -0.39 is 0 Å². The molecule has 0 aromatic carbocycles. The molecule has 86 valence electrons. The Labute approximate surface area is 89.2 Å². The molecule has 2 unspecified atom stereocenters. The number of rotatable bonds is 8. The fourth-order valence-electron chi connectivity index (χ4n) is 1.63. The first-order chi connectivity index (χ1) is 6.61. The van der Waals surface area contributed by atoms with Crippen molar-refractivity contribution in [3.8, 4) is 0 Å². The van der Waals surface area contributed by atoms with Crippen LogP contribution in [0.4, 0.5) is 0 Å². The molecule has 0 aromatic heterocycles. The standard InChI is InChI=1S/C12H27NO/c1-5-7-8-11(6-2)12(13)9-14-10(3)4/h10-12H,5-9,13H2,1-4H3. The van der Waals surface area contributed by atoms with Crippen LogP contribution < -0.4 is 5.73 Å². The average molecular weight is 201 g/mol. The molecular formula is C12H27NO. The smallest absolute Gasteiger partial charge is 0.0623 e. The number of nitrogens with two attached hydrogens (primary N) is 1. The zero-order chi connectivity index (χ0) is 11.0. The molecular weight excluding hydrogens is 174 g/mol. The molecule has 14 heavy (non-hydrogen) atoms. The van der Waals surface area contributed by atoms with E-state index in [9.17, 15) is 0 Å². The maximum atomic E-state index is 6.09. The first kappa shape index (κ1) is 13.9. The highest BCUT2D eigenvalue weighted by atomic mass is 16.5. The van der Waals surface area contributed by atoms with Gasteiger partial charge in [-0.3, -0.25) is 0 Å². The van der Waals surface area contributed by atoms with Crippen LogP contribution in [0.25, 0.3) is 0 Å². The van der Waals surface area contributed by atoms with E-state index in [2.05, 4.69) is 27.7 Å². The van der Waals surface area contributed by atoms with E-state index in [-0.39, 0.29) is 6.04 Å². The van der Waals surface area contributed by atoms with Gasteiger partial charge >= 0.3 is 0 Å². The van der Waals surface area contributed by atoms with E-state index in [4.69, 9.17) is 10.5 Å². The van der Waals surface area contributed by atoms with Gasteiger partial charge in [0.15, 0.2) is 0 Å². The third-order valence-electron chi connectivity index (χ3n) is 2.68. The minimum atomic E-state index is 0.217. The summed E-state index contributed by atoms with van der Waals surface area (Å²) in [4.78, 5) is 0. The largest absolute Gasteiger partial charge is 0.377 e. The minimum absolute atomic E-state index is 0.217. The molecule has 0 rings (SSSR count). The number of hydrogen-bond acceptors (Lipinski definition) is 2. The SMILES string of the molecule is CCCCC(CC)C(N)COC(C)C. The van der Waals surface area contributed by atoms with E-state index in [0.717, 1.165) is 0 Å². The Hall–Kier alpha value is -0.0800. The Balaban J connectivity index is 3.72. The molecule has 0 radical (unpaired) electrons. The van der Waals surface area contributed by atoms with Crippen molar-refractivity contribution in [2.24, 2.45) is 11.7 Å². The highest BCUT2D eigenvalue weighted by Crippen LogP contribution is 2.16. The summed E-state index contributed by atoms with van der Waals surface area (Å²) in [6.45, 7) is 9.26. The summed E-state index contributed by atoms with van der Waals surface area (Å²) in [6, 6.07) is 0.217. The third-order valence-corrected chi connectivity index (χ3v) is 2.68. The van der Waals surface area contributed by atoms with Crippen molar-refractivity contribution in [2.45, 2.75) is 65.5 Å². The third kappa shape index (κ3) is 6.39. The molecule has 0 heterocycles. The molecule has 0 aliphatic heterocycles. The van der Waals surface area contributed by atoms with Crippen LogP contribution in [0.15, 0.2) is 0 Å². The Morgan fingerprint density at radius 2 is 1.86 bits per heavy atom. The van der Waals surface area contributed by atoms with Gasteiger partial charge in [0.25, 0.3) is 0 Å². The second-order valence-corrected chi connectivity index (χ2v) is 4.36. The molecule has 0 fully saturated rings. The second-order valence-electron chi connectivity index (χ2n) is 4.36. The van der Waals surface area contributed by atoms with E-state index in [0.29, 0.717) is 18.6 Å². The number of hydrogen-bond donors (Lipinski definition) is 1. The van der Waals surface area contributed by atoms with Gasteiger partial charge in [-0.2, -0.15) is 0 Å². The normalized spacial score (nSPS) is 15.9. The zero-order valence-corrected chi connectivity index (χ0v) is 10.3. The number of ether oxygens (including phenoxy) is 1. The maximum Gasteiger partial charge on any atom is 0.0623 e. The summed E-state index contributed by atoms with van der Waals surface area (Å²) in [5, 5.41) is 0. The van der Waals surface area contributed by atoms with Crippen LogP contribution in [0.5, 0.6) is 0 Å². The molecule has 0 saturated heterocycles. The van der Waals surface area contributed by atoms with Crippen LogP contribution in [0, 0.1) is 5.92 Å². The topological polar surface area (TPSA) is 35.2 Å². The molecule has 2 nitrogen and oxygen atoms in total. The predicted octanol–water partition coefficient (Wildman–Crippen LogP) is 2.96. The van der Waals surface area contributed by atoms with Crippen LogP contribution >= 0.6 is 0 Å². The van der Waals surface area contributed by atoms with Gasteiger partial charge in [-0.1, -0.05) is 33.1 Å². The van der Waals surface area contributed by atoms with Gasteiger partial charge in [0.05, 0.1) is 12.7 Å². The summed E-state index contributed by atoms with van der Waals surface area (Å²) in [5.41, 5.74) is 6.09. The fraction of sp³-hybridized carbons (Fsp3) is 1.00. The molecule has 0 saturated carbocycles. The van der Waals surface area contributed by atoms with Crippen molar-refractivity contribution < 1.29 is 4.74 Å². The van der Waals surface area contributed by atoms with Gasteiger partial charge in [0.2, 0.25) is 0 Å². The molecule has 2 heteroatoms. The minimum Gasteiger partial charge on any atom is -0.377 e. The van der Waals surface area contributed by atoms with Crippen LogP contribution in [0.3, 0.4) is 0 Å². The highest BCUT2D eigenvalue weighted by Gasteiger charge is 2.15. The summed E-state index contributed by atoms with van der Waals surface area (Å²) in [7, 11) is 0. The van der Waals surface area contributed by atoms with E-state index in [1.807, 2.05) is 0 Å². The van der Waals surface area contributed by atoms with Gasteiger partial charge in [0, 0.05) is 6.04 Å². The first-order valence-corrected chi connectivity index (χ1v) is 5.98. The van der Waals surface area contributed by atoms with Crippen molar-refractivity contribution in [3.05, 3.63) is 0 Å². The molecule has 0 aliphatic rings. The summed E-state index contributed by atoms with van der Waals surface area (Å²) >= 11 is 0. The van der Waals surface area contributed by atoms with Gasteiger partial charge in [-0.15, -0.1) is 0 Å². The summed E-state index contributed by atoms with van der Waals surface area (Å²) in [6.07, 6.45) is 5.25. The fourth-order valence-corrected chi connectivity index (χ4v) is 1.63. The van der Waals surface area contributed by atoms with E-state index in [1.165, 1.54) is 25.7 Å². The van der Waals surface area contributed by atoms with Crippen LogP contribution in [0.1, 0.15) is 53.4 Å². The van der Waals surface area contributed by atoms with Crippen LogP contribution in [0.2, 0.25) is 0 Å². The lowest BCUT2D eigenvalue weighted by Gasteiger charge is -2.23. The summed E-state index contributed by atoms with van der Waals surface area (Å²) < 4.78 is 5.54. The highest BCUT2D eigenvalue weighted by molar-refractivity contribution is 4.71. The molecule has 0 amide bonds. The summed E-state index contributed by atoms with van der Waals surface area (Å²) in [5.74, 6) is 0.633. The Kier molecular flexibility index (Phi) is 8.20. The van der Waals surface area contributed by atoms with Crippen molar-refractivity contribution >= 4 is 0 Å². The van der Waals surface area contributed by atoms with Crippen LogP contribution in [-0.2, 0) is 4.74 Å². The molecule has 0 spiro atoms. The Morgan fingerprint density at radius 1 is 1.21 bits per heavy atom. The average Bonchev–Trinajstić information content (AvgIpc) is 2.16. The van der Waals surface area contributed by atoms with E-state index >= 15 is 0 Å².